The lowest BCUT2D eigenvalue weighted by molar-refractivity contribution is -0.126. The zero-order chi connectivity index (χ0) is 16.2. The van der Waals surface area contributed by atoms with Crippen molar-refractivity contribution in [2.24, 2.45) is 17.6 Å². The number of hydrogen-bond acceptors (Lipinski definition) is 4. The molecule has 2 aliphatic heterocycles. The van der Waals surface area contributed by atoms with Crippen molar-refractivity contribution in [1.29, 1.82) is 0 Å². The van der Waals surface area contributed by atoms with Crippen LogP contribution in [0.15, 0.2) is 0 Å². The Labute approximate surface area is 133 Å². The highest BCUT2D eigenvalue weighted by atomic mass is 32.2. The van der Waals surface area contributed by atoms with Gasteiger partial charge < -0.3 is 11.1 Å². The Bertz CT molecular complexity index is 474. The van der Waals surface area contributed by atoms with Crippen molar-refractivity contribution in [3.05, 3.63) is 0 Å². The predicted molar refractivity (Wildman–Crippen MR) is 85.3 cm³/mol. The topological polar surface area (TPSA) is 95.7 Å². The Hall–Kier alpha value is -0.700. The van der Waals surface area contributed by atoms with Crippen molar-refractivity contribution in [2.75, 3.05) is 39.3 Å². The van der Waals surface area contributed by atoms with Crippen molar-refractivity contribution in [2.45, 2.75) is 32.6 Å². The van der Waals surface area contributed by atoms with Crippen molar-refractivity contribution in [3.8, 4) is 0 Å². The Morgan fingerprint density at radius 3 is 2.50 bits per heavy atom. The average molecular weight is 332 g/mol. The van der Waals surface area contributed by atoms with Gasteiger partial charge in [0.2, 0.25) is 5.91 Å². The first-order chi connectivity index (χ1) is 10.4. The second kappa shape index (κ2) is 7.72. The van der Waals surface area contributed by atoms with Crippen LogP contribution in [0.2, 0.25) is 0 Å². The second-order valence-electron chi connectivity index (χ2n) is 6.37. The first-order valence-electron chi connectivity index (χ1n) is 8.18. The second-order valence-corrected chi connectivity index (χ2v) is 8.29. The zero-order valence-corrected chi connectivity index (χ0v) is 14.1. The Morgan fingerprint density at radius 1 is 1.18 bits per heavy atom. The van der Waals surface area contributed by atoms with Crippen LogP contribution in [0.25, 0.3) is 0 Å². The molecule has 0 aromatic heterocycles. The minimum Gasteiger partial charge on any atom is -0.355 e. The summed E-state index contributed by atoms with van der Waals surface area (Å²) >= 11 is 0. The largest absolute Gasteiger partial charge is 0.355 e. The quantitative estimate of drug-likeness (QED) is 0.726. The summed E-state index contributed by atoms with van der Waals surface area (Å²) in [4.78, 5) is 12.0. The van der Waals surface area contributed by atoms with Crippen LogP contribution < -0.4 is 11.1 Å². The number of carbonyl (C=O) groups excluding carboxylic acids is 1. The maximum absolute atomic E-state index is 12.7. The highest BCUT2D eigenvalue weighted by molar-refractivity contribution is 7.86. The fourth-order valence-corrected chi connectivity index (χ4v) is 4.81. The number of nitrogens with one attached hydrogen (secondary N) is 1. The molecule has 1 amide bonds. The number of rotatable bonds is 5. The summed E-state index contributed by atoms with van der Waals surface area (Å²) in [6.07, 6.45) is 3.28. The minimum absolute atomic E-state index is 0.0855. The highest BCUT2D eigenvalue weighted by Gasteiger charge is 2.36. The number of hydrogen-bond donors (Lipinski definition) is 2. The molecule has 7 nitrogen and oxygen atoms in total. The Balaban J connectivity index is 1.97. The summed E-state index contributed by atoms with van der Waals surface area (Å²) in [5.41, 5.74) is 5.38. The third-order valence-electron chi connectivity index (χ3n) is 4.59. The van der Waals surface area contributed by atoms with Crippen LogP contribution in [-0.4, -0.2) is 62.2 Å². The summed E-state index contributed by atoms with van der Waals surface area (Å²) in [6, 6.07) is 0. The third kappa shape index (κ3) is 4.18. The van der Waals surface area contributed by atoms with Gasteiger partial charge in [-0.25, -0.2) is 0 Å². The normalized spacial score (nSPS) is 26.0. The van der Waals surface area contributed by atoms with Crippen LogP contribution in [0.1, 0.15) is 32.6 Å². The van der Waals surface area contributed by atoms with E-state index in [1.807, 2.05) is 0 Å². The fraction of sp³-hybridized carbons (Fsp3) is 0.929. The number of nitrogens with two attached hydrogens (primary N) is 1. The lowest BCUT2D eigenvalue weighted by Crippen LogP contribution is -2.52. The van der Waals surface area contributed by atoms with E-state index in [2.05, 4.69) is 12.2 Å². The van der Waals surface area contributed by atoms with Crippen molar-refractivity contribution < 1.29 is 13.2 Å². The fourth-order valence-electron chi connectivity index (χ4n) is 3.08. The summed E-state index contributed by atoms with van der Waals surface area (Å²) < 4.78 is 28.5. The van der Waals surface area contributed by atoms with Gasteiger partial charge >= 0.3 is 0 Å². The van der Waals surface area contributed by atoms with Gasteiger partial charge in [0.25, 0.3) is 10.2 Å². The van der Waals surface area contributed by atoms with Gasteiger partial charge in [0.15, 0.2) is 0 Å². The van der Waals surface area contributed by atoms with Crippen molar-refractivity contribution >= 4 is 16.1 Å². The van der Waals surface area contributed by atoms with Gasteiger partial charge in [0.05, 0.1) is 5.92 Å². The standard InChI is InChI=1S/C14H28N4O3S/c1-12-4-9-17(10-5-12)22(20,21)18-8-2-3-13(11-18)14(19)16-7-6-15/h12-13H,2-11,15H2,1H3,(H,16,19). The molecule has 1 atom stereocenters. The molecule has 0 aromatic carbocycles. The lowest BCUT2D eigenvalue weighted by Gasteiger charge is -2.37. The SMILES string of the molecule is CC1CCN(S(=O)(=O)N2CCCC(C(=O)NCCN)C2)CC1. The maximum Gasteiger partial charge on any atom is 0.281 e. The Morgan fingerprint density at radius 2 is 1.86 bits per heavy atom. The molecule has 128 valence electrons. The van der Waals surface area contributed by atoms with E-state index in [0.717, 1.165) is 25.7 Å². The van der Waals surface area contributed by atoms with Crippen LogP contribution in [0.5, 0.6) is 0 Å². The number of piperidine rings is 2. The van der Waals surface area contributed by atoms with Crippen molar-refractivity contribution in [1.82, 2.24) is 13.9 Å². The van der Waals surface area contributed by atoms with E-state index < -0.39 is 10.2 Å². The smallest absolute Gasteiger partial charge is 0.281 e. The molecule has 0 saturated carbocycles. The molecule has 2 aliphatic rings. The molecule has 0 aromatic rings. The molecule has 0 aliphatic carbocycles. The van der Waals surface area contributed by atoms with E-state index in [4.69, 9.17) is 5.73 Å². The molecular formula is C14H28N4O3S. The molecule has 0 radical (unpaired) electrons. The van der Waals surface area contributed by atoms with Gasteiger partial charge in [0, 0.05) is 39.3 Å². The minimum atomic E-state index is -3.43. The van der Waals surface area contributed by atoms with E-state index >= 15 is 0 Å². The Kier molecular flexibility index (Phi) is 6.19. The van der Waals surface area contributed by atoms with Gasteiger partial charge in [-0.3, -0.25) is 4.79 Å². The van der Waals surface area contributed by atoms with Crippen molar-refractivity contribution in [3.63, 3.8) is 0 Å². The van der Waals surface area contributed by atoms with E-state index in [1.165, 1.54) is 4.31 Å². The lowest BCUT2D eigenvalue weighted by atomic mass is 9.99. The summed E-state index contributed by atoms with van der Waals surface area (Å²) in [5, 5.41) is 2.76. The third-order valence-corrected chi connectivity index (χ3v) is 6.60. The van der Waals surface area contributed by atoms with Crippen LogP contribution >= 0.6 is 0 Å². The van der Waals surface area contributed by atoms with Crippen LogP contribution in [0.4, 0.5) is 0 Å². The molecule has 2 saturated heterocycles. The highest BCUT2D eigenvalue weighted by Crippen LogP contribution is 2.25. The summed E-state index contributed by atoms with van der Waals surface area (Å²) in [7, 11) is -3.43. The van der Waals surface area contributed by atoms with Gasteiger partial charge in [-0.1, -0.05) is 6.92 Å². The molecule has 22 heavy (non-hydrogen) atoms. The number of amides is 1. The van der Waals surface area contributed by atoms with Gasteiger partial charge in [0.1, 0.15) is 0 Å². The summed E-state index contributed by atoms with van der Waals surface area (Å²) in [5.74, 6) is 0.235. The van der Waals surface area contributed by atoms with Gasteiger partial charge in [-0.2, -0.15) is 17.0 Å². The van der Waals surface area contributed by atoms with E-state index in [0.29, 0.717) is 38.6 Å². The molecule has 2 heterocycles. The number of carbonyl (C=O) groups is 1. The molecule has 0 bridgehead atoms. The molecule has 2 fully saturated rings. The maximum atomic E-state index is 12.7. The van der Waals surface area contributed by atoms with E-state index in [-0.39, 0.29) is 18.4 Å². The average Bonchev–Trinajstić information content (AvgIpc) is 2.53. The van der Waals surface area contributed by atoms with Crippen LogP contribution in [0, 0.1) is 11.8 Å². The number of nitrogens with zero attached hydrogens (tertiary/aromatic N) is 2. The first kappa shape index (κ1) is 17.7. The van der Waals surface area contributed by atoms with E-state index in [1.54, 1.807) is 4.31 Å². The molecule has 0 spiro atoms. The molecule has 2 rings (SSSR count). The summed E-state index contributed by atoms with van der Waals surface area (Å²) in [6.45, 7) is 4.95. The van der Waals surface area contributed by atoms with Gasteiger partial charge in [-0.05, 0) is 31.6 Å². The zero-order valence-electron chi connectivity index (χ0n) is 13.3. The van der Waals surface area contributed by atoms with Gasteiger partial charge in [-0.15, -0.1) is 0 Å². The molecule has 1 unspecified atom stereocenters. The molecular weight excluding hydrogens is 304 g/mol. The van der Waals surface area contributed by atoms with Crippen LogP contribution in [0.3, 0.4) is 0 Å². The molecule has 8 heteroatoms. The monoisotopic (exact) mass is 332 g/mol. The predicted octanol–water partition coefficient (Wildman–Crippen LogP) is -0.250. The van der Waals surface area contributed by atoms with E-state index in [9.17, 15) is 13.2 Å². The van der Waals surface area contributed by atoms with Crippen LogP contribution in [-0.2, 0) is 15.0 Å². The molecule has 3 N–H and O–H groups in total. The first-order valence-corrected chi connectivity index (χ1v) is 9.58.